The third-order valence-electron chi connectivity index (χ3n) is 2.92. The molecule has 0 bridgehead atoms. The molecular weight excluding hydrogens is 268 g/mol. The normalized spacial score (nSPS) is 19.9. The smallest absolute Gasteiger partial charge is 0.251 e. The van der Waals surface area contributed by atoms with E-state index in [2.05, 4.69) is 5.32 Å². The van der Waals surface area contributed by atoms with Crippen LogP contribution in [0.4, 0.5) is 0 Å². The lowest BCUT2D eigenvalue weighted by molar-refractivity contribution is 0.0624. The number of hydrogen-bond acceptors (Lipinski definition) is 4. The molecule has 2 rings (SSSR count). The first-order valence-corrected chi connectivity index (χ1v) is 7.53. The Labute approximate surface area is 112 Å². The molecule has 1 aliphatic heterocycles. The van der Waals surface area contributed by atoms with Gasteiger partial charge in [0.25, 0.3) is 5.91 Å². The average Bonchev–Trinajstić information content (AvgIpc) is 2.39. The molecular formula is C12H16N2O4S. The molecule has 0 spiro atoms. The lowest BCUT2D eigenvalue weighted by atomic mass is 10.1. The van der Waals surface area contributed by atoms with Crippen LogP contribution in [-0.4, -0.2) is 33.6 Å². The molecule has 1 unspecified atom stereocenters. The van der Waals surface area contributed by atoms with E-state index in [1.165, 1.54) is 18.2 Å². The lowest BCUT2D eigenvalue weighted by Gasteiger charge is -2.23. The summed E-state index contributed by atoms with van der Waals surface area (Å²) in [6.07, 6.45) is 1.77. The lowest BCUT2D eigenvalue weighted by Crippen LogP contribution is -2.40. The predicted molar refractivity (Wildman–Crippen MR) is 69.1 cm³/mol. The van der Waals surface area contributed by atoms with Crippen LogP contribution in [0, 0.1) is 0 Å². The minimum Gasteiger partial charge on any atom is -0.379 e. The third kappa shape index (κ3) is 3.76. The van der Waals surface area contributed by atoms with E-state index < -0.39 is 10.0 Å². The molecule has 104 valence electrons. The summed E-state index contributed by atoms with van der Waals surface area (Å²) >= 11 is 0. The van der Waals surface area contributed by atoms with Gasteiger partial charge in [0.15, 0.2) is 0 Å². The summed E-state index contributed by atoms with van der Waals surface area (Å²) in [6.45, 7) is 1.20. The van der Waals surface area contributed by atoms with Crippen molar-refractivity contribution in [1.29, 1.82) is 0 Å². The molecule has 19 heavy (non-hydrogen) atoms. The van der Waals surface area contributed by atoms with Gasteiger partial charge < -0.3 is 10.1 Å². The zero-order valence-electron chi connectivity index (χ0n) is 10.3. The number of ether oxygens (including phenoxy) is 1. The van der Waals surface area contributed by atoms with Crippen LogP contribution in [0.3, 0.4) is 0 Å². The first kappa shape index (κ1) is 14.0. The second-order valence-corrected chi connectivity index (χ2v) is 6.02. The highest BCUT2D eigenvalue weighted by molar-refractivity contribution is 7.89. The van der Waals surface area contributed by atoms with Crippen molar-refractivity contribution in [3.63, 3.8) is 0 Å². The van der Waals surface area contributed by atoms with Crippen molar-refractivity contribution >= 4 is 15.9 Å². The van der Waals surface area contributed by atoms with Crippen molar-refractivity contribution in [2.24, 2.45) is 5.14 Å². The highest BCUT2D eigenvalue weighted by atomic mass is 32.2. The largest absolute Gasteiger partial charge is 0.379 e. The van der Waals surface area contributed by atoms with Crippen LogP contribution in [0.2, 0.25) is 0 Å². The van der Waals surface area contributed by atoms with Crippen molar-refractivity contribution in [1.82, 2.24) is 5.32 Å². The first-order chi connectivity index (χ1) is 8.97. The van der Waals surface area contributed by atoms with E-state index in [9.17, 15) is 13.2 Å². The van der Waals surface area contributed by atoms with E-state index >= 15 is 0 Å². The van der Waals surface area contributed by atoms with Gasteiger partial charge in [-0.3, -0.25) is 4.79 Å². The van der Waals surface area contributed by atoms with E-state index in [4.69, 9.17) is 9.88 Å². The van der Waals surface area contributed by atoms with Gasteiger partial charge in [-0.25, -0.2) is 13.6 Å². The fraction of sp³-hybridized carbons (Fsp3) is 0.417. The summed E-state index contributed by atoms with van der Waals surface area (Å²) in [6, 6.07) is 5.64. The molecule has 1 heterocycles. The van der Waals surface area contributed by atoms with Gasteiger partial charge in [-0.05, 0) is 31.0 Å². The summed E-state index contributed by atoms with van der Waals surface area (Å²) < 4.78 is 27.7. The van der Waals surface area contributed by atoms with Crippen LogP contribution in [0.25, 0.3) is 0 Å². The van der Waals surface area contributed by atoms with Crippen LogP contribution >= 0.6 is 0 Å². The van der Waals surface area contributed by atoms with Crippen LogP contribution in [0.5, 0.6) is 0 Å². The molecule has 1 fully saturated rings. The SMILES string of the molecule is NS(=O)(=O)c1cccc(C(=O)NC2CCCOC2)c1. The second kappa shape index (κ2) is 5.68. The van der Waals surface area contributed by atoms with Gasteiger partial charge >= 0.3 is 0 Å². The molecule has 1 aromatic carbocycles. The van der Waals surface area contributed by atoms with E-state index in [0.29, 0.717) is 13.2 Å². The van der Waals surface area contributed by atoms with Crippen molar-refractivity contribution < 1.29 is 17.9 Å². The van der Waals surface area contributed by atoms with Crippen molar-refractivity contribution in [3.05, 3.63) is 29.8 Å². The van der Waals surface area contributed by atoms with Crippen LogP contribution in [0.1, 0.15) is 23.2 Å². The zero-order chi connectivity index (χ0) is 13.9. The summed E-state index contributed by atoms with van der Waals surface area (Å²) in [5, 5.41) is 7.84. The maximum Gasteiger partial charge on any atom is 0.251 e. The van der Waals surface area contributed by atoms with E-state index in [1.807, 2.05) is 0 Å². The molecule has 0 saturated carbocycles. The molecule has 1 saturated heterocycles. The van der Waals surface area contributed by atoms with Crippen molar-refractivity contribution in [3.8, 4) is 0 Å². The van der Waals surface area contributed by atoms with Crippen molar-refractivity contribution in [2.75, 3.05) is 13.2 Å². The maximum absolute atomic E-state index is 12.0. The van der Waals surface area contributed by atoms with Gasteiger partial charge in [0.1, 0.15) is 0 Å². The fourth-order valence-electron chi connectivity index (χ4n) is 1.94. The Morgan fingerprint density at radius 2 is 2.21 bits per heavy atom. The van der Waals surface area contributed by atoms with Gasteiger partial charge in [0.05, 0.1) is 17.5 Å². The molecule has 0 radical (unpaired) electrons. The molecule has 1 aromatic rings. The third-order valence-corrected chi connectivity index (χ3v) is 3.83. The topological polar surface area (TPSA) is 98.5 Å². The Morgan fingerprint density at radius 3 is 2.84 bits per heavy atom. The molecule has 1 aliphatic rings. The molecule has 6 nitrogen and oxygen atoms in total. The van der Waals surface area contributed by atoms with E-state index in [0.717, 1.165) is 12.8 Å². The minimum absolute atomic E-state index is 0.0283. The Morgan fingerprint density at radius 1 is 1.42 bits per heavy atom. The summed E-state index contributed by atoms with van der Waals surface area (Å²) in [7, 11) is -3.80. The quantitative estimate of drug-likeness (QED) is 0.830. The van der Waals surface area contributed by atoms with Crippen LogP contribution in [-0.2, 0) is 14.8 Å². The van der Waals surface area contributed by atoms with Crippen LogP contribution in [0.15, 0.2) is 29.2 Å². The fourth-order valence-corrected chi connectivity index (χ4v) is 2.50. The summed E-state index contributed by atoms with van der Waals surface area (Å²) in [5.74, 6) is -0.319. The molecule has 1 amide bonds. The number of nitrogens with two attached hydrogens (primary N) is 1. The van der Waals surface area contributed by atoms with Gasteiger partial charge in [0, 0.05) is 12.2 Å². The van der Waals surface area contributed by atoms with Crippen LogP contribution < -0.4 is 10.5 Å². The Bertz CT molecular complexity index is 565. The van der Waals surface area contributed by atoms with E-state index in [1.54, 1.807) is 6.07 Å². The zero-order valence-corrected chi connectivity index (χ0v) is 11.2. The predicted octanol–water partition coefficient (Wildman–Crippen LogP) is 0.243. The number of sulfonamides is 1. The number of carbonyl (C=O) groups excluding carboxylic acids is 1. The Kier molecular flexibility index (Phi) is 4.18. The van der Waals surface area contributed by atoms with Gasteiger partial charge in [-0.15, -0.1) is 0 Å². The summed E-state index contributed by atoms with van der Waals surface area (Å²) in [5.41, 5.74) is 0.275. The molecule has 0 aliphatic carbocycles. The number of hydrogen-bond donors (Lipinski definition) is 2. The van der Waals surface area contributed by atoms with Gasteiger partial charge in [0.2, 0.25) is 10.0 Å². The molecule has 0 aromatic heterocycles. The molecule has 1 atom stereocenters. The highest BCUT2D eigenvalue weighted by Gasteiger charge is 2.18. The monoisotopic (exact) mass is 284 g/mol. The molecule has 7 heteroatoms. The van der Waals surface area contributed by atoms with E-state index in [-0.39, 0.29) is 22.4 Å². The number of carbonyl (C=O) groups is 1. The maximum atomic E-state index is 12.0. The summed E-state index contributed by atoms with van der Waals surface area (Å²) in [4.78, 5) is 11.9. The molecule has 3 N–H and O–H groups in total. The number of nitrogens with one attached hydrogen (secondary N) is 1. The first-order valence-electron chi connectivity index (χ1n) is 5.98. The Hall–Kier alpha value is -1.44. The number of primary sulfonamides is 1. The average molecular weight is 284 g/mol. The number of benzene rings is 1. The van der Waals surface area contributed by atoms with Gasteiger partial charge in [-0.2, -0.15) is 0 Å². The number of amides is 1. The highest BCUT2D eigenvalue weighted by Crippen LogP contribution is 2.11. The number of rotatable bonds is 3. The Balaban J connectivity index is 2.10. The minimum atomic E-state index is -3.80. The second-order valence-electron chi connectivity index (χ2n) is 4.46. The van der Waals surface area contributed by atoms with Gasteiger partial charge in [-0.1, -0.05) is 6.07 Å². The van der Waals surface area contributed by atoms with Crippen molar-refractivity contribution in [2.45, 2.75) is 23.8 Å². The standard InChI is InChI=1S/C12H16N2O4S/c13-19(16,17)11-5-1-3-9(7-11)12(15)14-10-4-2-6-18-8-10/h1,3,5,7,10H,2,4,6,8H2,(H,14,15)(H2,13,16,17).